The maximum atomic E-state index is 4.29. The summed E-state index contributed by atoms with van der Waals surface area (Å²) in [6.45, 7) is 2.15. The number of nitrogens with one attached hydrogen (secondary N) is 1. The lowest BCUT2D eigenvalue weighted by molar-refractivity contribution is 0.544. The summed E-state index contributed by atoms with van der Waals surface area (Å²) in [5.74, 6) is 0.809. The molecule has 0 aliphatic heterocycles. The van der Waals surface area contributed by atoms with Gasteiger partial charge in [0, 0.05) is 13.6 Å². The van der Waals surface area contributed by atoms with Crippen molar-refractivity contribution in [2.45, 2.75) is 64.2 Å². The van der Waals surface area contributed by atoms with Crippen LogP contribution in [0.15, 0.2) is 0 Å². The molecule has 1 heterocycles. The summed E-state index contributed by atoms with van der Waals surface area (Å²) in [7, 11) is 1.25. The summed E-state index contributed by atoms with van der Waals surface area (Å²) in [5, 5.41) is 5.85. The van der Waals surface area contributed by atoms with Crippen molar-refractivity contribution in [3.8, 4) is 0 Å². The normalized spacial score (nSPS) is 21.1. The molecule has 0 radical (unpaired) electrons. The summed E-state index contributed by atoms with van der Waals surface area (Å²) in [6.07, 6.45) is 11.4. The van der Waals surface area contributed by atoms with Crippen LogP contribution in [0.2, 0.25) is 0 Å². The number of aryl methyl sites for hydroxylation is 1. The molecule has 1 N–H and O–H groups in total. The number of aromatic nitrogens is 2. The van der Waals surface area contributed by atoms with Gasteiger partial charge in [-0.25, -0.2) is 0 Å². The average molecular weight is 224 g/mol. The number of rotatable bonds is 1. The van der Waals surface area contributed by atoms with Gasteiger partial charge in [0.25, 0.3) is 0 Å². The smallest absolute Gasteiger partial charge is 0.0674 e. The fraction of sp³-hybridized carbons (Fsp3) is 0.833. The monoisotopic (exact) mass is 224 g/mol. The van der Waals surface area contributed by atoms with E-state index in [1.807, 2.05) is 0 Å². The van der Waals surface area contributed by atoms with E-state index in [-0.39, 0.29) is 0 Å². The molecule has 0 saturated heterocycles. The van der Waals surface area contributed by atoms with Crippen molar-refractivity contribution in [2.75, 3.05) is 0 Å². The molecule has 0 unspecified atom stereocenters. The topological polar surface area (TPSA) is 28.7 Å². The average Bonchev–Trinajstić information content (AvgIpc) is 2.68. The molecule has 84 valence electrons. The van der Waals surface area contributed by atoms with Gasteiger partial charge in [-0.15, -0.1) is 0 Å². The van der Waals surface area contributed by atoms with Crippen molar-refractivity contribution < 1.29 is 0 Å². The molecule has 0 bridgehead atoms. The van der Waals surface area contributed by atoms with Crippen LogP contribution in [0.5, 0.6) is 0 Å². The van der Waals surface area contributed by atoms with Gasteiger partial charge in [0.1, 0.15) is 0 Å². The van der Waals surface area contributed by atoms with E-state index in [9.17, 15) is 0 Å². The Hall–Kier alpha value is -0.360. The highest BCUT2D eigenvalue weighted by Crippen LogP contribution is 2.35. The third-order valence-corrected chi connectivity index (χ3v) is 4.63. The van der Waals surface area contributed by atoms with Crippen LogP contribution >= 0.6 is 8.35 Å². The van der Waals surface area contributed by atoms with Gasteiger partial charge in [0.2, 0.25) is 0 Å². The summed E-state index contributed by atoms with van der Waals surface area (Å²) in [4.78, 5) is 3.09. The lowest BCUT2D eigenvalue weighted by Crippen LogP contribution is -1.98. The van der Waals surface area contributed by atoms with E-state index in [0.29, 0.717) is 0 Å². The third-order valence-electron chi connectivity index (χ3n) is 3.50. The Bertz CT molecular complexity index is 286. The van der Waals surface area contributed by atoms with E-state index in [1.165, 1.54) is 65.4 Å². The zero-order valence-corrected chi connectivity index (χ0v) is 10.5. The quantitative estimate of drug-likeness (QED) is 0.746. The first-order chi connectivity index (χ1) is 7.38. The van der Waals surface area contributed by atoms with E-state index in [2.05, 4.69) is 16.9 Å². The van der Waals surface area contributed by atoms with Crippen LogP contribution in [0.4, 0.5) is 0 Å². The van der Waals surface area contributed by atoms with E-state index in [1.54, 1.807) is 5.30 Å². The molecule has 1 aromatic rings. The lowest BCUT2D eigenvalue weighted by Gasteiger charge is -2.14. The molecule has 1 fully saturated rings. The molecule has 0 aromatic carbocycles. The Labute approximate surface area is 94.0 Å². The predicted octanol–water partition coefficient (Wildman–Crippen LogP) is 4.52. The minimum Gasteiger partial charge on any atom is -0.260 e. The number of hydrogen-bond donors (Lipinski definition) is 1. The highest BCUT2D eigenvalue weighted by atomic mass is 31.0. The molecule has 1 aliphatic rings. The number of H-pyrrole nitrogens is 1. The Morgan fingerprint density at radius 2 is 1.67 bits per heavy atom. The van der Waals surface area contributed by atoms with Gasteiger partial charge in [-0.3, -0.25) is 4.86 Å². The Morgan fingerprint density at radius 3 is 2.20 bits per heavy atom. The van der Waals surface area contributed by atoms with Crippen molar-refractivity contribution in [3.63, 3.8) is 0 Å². The van der Waals surface area contributed by atoms with E-state index < -0.39 is 0 Å². The highest BCUT2D eigenvalue weighted by molar-refractivity contribution is 7.26. The van der Waals surface area contributed by atoms with Crippen LogP contribution in [0.1, 0.15) is 68.3 Å². The molecule has 1 saturated carbocycles. The van der Waals surface area contributed by atoms with Gasteiger partial charge >= 0.3 is 0 Å². The maximum absolute atomic E-state index is 4.29. The van der Waals surface area contributed by atoms with Crippen molar-refractivity contribution in [1.82, 2.24) is 9.96 Å². The van der Waals surface area contributed by atoms with E-state index in [0.717, 1.165) is 5.92 Å². The van der Waals surface area contributed by atoms with Crippen LogP contribution in [-0.4, -0.2) is 9.96 Å². The molecule has 2 rings (SSSR count). The van der Waals surface area contributed by atoms with E-state index in [4.69, 9.17) is 0 Å². The molecular formula is C12H21N2P. The second-order valence-electron chi connectivity index (χ2n) is 4.69. The Kier molecular flexibility index (Phi) is 4.19. The highest BCUT2D eigenvalue weighted by Gasteiger charge is 2.16. The van der Waals surface area contributed by atoms with Crippen LogP contribution in [-0.2, 0) is 0 Å². The molecule has 2 nitrogen and oxygen atoms in total. The van der Waals surface area contributed by atoms with Crippen molar-refractivity contribution in [2.24, 2.45) is 0 Å². The second kappa shape index (κ2) is 5.65. The number of hydrogen-bond acceptors (Lipinski definition) is 1. The van der Waals surface area contributed by atoms with Crippen molar-refractivity contribution >= 4 is 8.35 Å². The summed E-state index contributed by atoms with van der Waals surface area (Å²) < 4.78 is 0. The first kappa shape index (κ1) is 11.1. The zero-order chi connectivity index (χ0) is 10.5. The van der Waals surface area contributed by atoms with Crippen molar-refractivity contribution in [3.05, 3.63) is 11.0 Å². The summed E-state index contributed by atoms with van der Waals surface area (Å²) in [6, 6.07) is 0. The minimum atomic E-state index is 0.809. The fourth-order valence-electron chi connectivity index (χ4n) is 2.59. The SMILES string of the molecule is Cc1n[nH]pc1C1CCCCCCCC1. The molecule has 3 heteroatoms. The molecular weight excluding hydrogens is 203 g/mol. The molecule has 1 aromatic heterocycles. The molecule has 0 atom stereocenters. The number of nitrogens with zero attached hydrogens (tertiary/aromatic N) is 1. The van der Waals surface area contributed by atoms with E-state index >= 15 is 0 Å². The molecule has 1 aliphatic carbocycles. The molecule has 0 spiro atoms. The zero-order valence-electron chi connectivity index (χ0n) is 9.63. The minimum absolute atomic E-state index is 0.809. The first-order valence-electron chi connectivity index (χ1n) is 6.25. The largest absolute Gasteiger partial charge is 0.260 e. The predicted molar refractivity (Wildman–Crippen MR) is 65.5 cm³/mol. The van der Waals surface area contributed by atoms with Crippen LogP contribution in [0.3, 0.4) is 0 Å². The first-order valence-corrected chi connectivity index (χ1v) is 7.14. The van der Waals surface area contributed by atoms with Gasteiger partial charge in [0.15, 0.2) is 0 Å². The van der Waals surface area contributed by atoms with Gasteiger partial charge < -0.3 is 0 Å². The van der Waals surface area contributed by atoms with Crippen LogP contribution in [0, 0.1) is 6.92 Å². The van der Waals surface area contributed by atoms with Gasteiger partial charge in [0.05, 0.1) is 5.69 Å². The van der Waals surface area contributed by atoms with Gasteiger partial charge in [-0.05, 0) is 25.7 Å². The summed E-state index contributed by atoms with van der Waals surface area (Å²) in [5.41, 5.74) is 1.25. The Morgan fingerprint density at radius 1 is 1.07 bits per heavy atom. The van der Waals surface area contributed by atoms with Crippen molar-refractivity contribution in [1.29, 1.82) is 0 Å². The fourth-order valence-corrected chi connectivity index (χ4v) is 3.55. The maximum Gasteiger partial charge on any atom is 0.0674 e. The van der Waals surface area contributed by atoms with Gasteiger partial charge in [-0.2, -0.15) is 5.10 Å². The molecule has 0 amide bonds. The standard InChI is InChI=1S/C12H21N2P/c1-10-12(15-14-13-10)11-8-6-4-2-3-5-7-9-11/h11H,2-9H2,1H3,(H,13,14). The second-order valence-corrected chi connectivity index (χ2v) is 5.60. The summed E-state index contributed by atoms with van der Waals surface area (Å²) >= 11 is 0. The third kappa shape index (κ3) is 3.04. The van der Waals surface area contributed by atoms with Gasteiger partial charge in [-0.1, -0.05) is 38.5 Å². The Balaban J connectivity index is 2.02. The lowest BCUT2D eigenvalue weighted by atomic mass is 9.94. The number of aromatic amines is 1. The molecule has 15 heavy (non-hydrogen) atoms. The van der Waals surface area contributed by atoms with Crippen LogP contribution < -0.4 is 0 Å². The van der Waals surface area contributed by atoms with Crippen LogP contribution in [0.25, 0.3) is 0 Å².